The molecule has 4 aliphatic carbocycles. The maximum Gasteiger partial charge on any atom is 0.348 e. The quantitative estimate of drug-likeness (QED) is 0.567. The summed E-state index contributed by atoms with van der Waals surface area (Å²) in [6.45, 7) is 0. The Labute approximate surface area is 171 Å². The van der Waals surface area contributed by atoms with Crippen LogP contribution in [-0.4, -0.2) is 24.6 Å². The van der Waals surface area contributed by atoms with E-state index in [0.29, 0.717) is 15.3 Å². The normalized spacial score (nSPS) is 25.7. The number of thiophene rings is 1. The Bertz CT molecular complexity index is 1100. The molecule has 0 N–H and O–H groups in total. The van der Waals surface area contributed by atoms with E-state index >= 15 is 0 Å². The maximum atomic E-state index is 13.6. The molecular formula is C24H16O4S. The molecule has 4 nitrogen and oxygen atoms in total. The van der Waals surface area contributed by atoms with Crippen LogP contribution in [0.4, 0.5) is 0 Å². The molecule has 29 heavy (non-hydrogen) atoms. The third-order valence-electron chi connectivity index (χ3n) is 6.65. The summed E-state index contributed by atoms with van der Waals surface area (Å²) < 4.78 is 4.81. The lowest BCUT2D eigenvalue weighted by Gasteiger charge is -2.50. The first-order chi connectivity index (χ1) is 14.1. The summed E-state index contributed by atoms with van der Waals surface area (Å²) in [5, 5.41) is 0. The maximum absolute atomic E-state index is 13.6. The second kappa shape index (κ2) is 5.74. The number of methoxy groups -OCH3 is 1. The summed E-state index contributed by atoms with van der Waals surface area (Å²) in [5.74, 6) is -1.69. The number of fused-ring (bicyclic) bond motifs is 1. The van der Waals surface area contributed by atoms with Crippen LogP contribution in [-0.2, 0) is 4.74 Å². The number of esters is 1. The van der Waals surface area contributed by atoms with Gasteiger partial charge in [-0.25, -0.2) is 4.79 Å². The van der Waals surface area contributed by atoms with Gasteiger partial charge < -0.3 is 4.74 Å². The number of ketones is 2. The van der Waals surface area contributed by atoms with Gasteiger partial charge in [-0.2, -0.15) is 0 Å². The van der Waals surface area contributed by atoms with E-state index in [1.54, 1.807) is 6.07 Å². The lowest BCUT2D eigenvalue weighted by molar-refractivity contribution is 0.0606. The molecule has 2 aromatic carbocycles. The zero-order valence-electron chi connectivity index (χ0n) is 15.5. The van der Waals surface area contributed by atoms with E-state index < -0.39 is 17.8 Å². The summed E-state index contributed by atoms with van der Waals surface area (Å²) >= 11 is 1.08. The molecule has 0 fully saturated rings. The zero-order valence-corrected chi connectivity index (χ0v) is 16.4. The Morgan fingerprint density at radius 3 is 1.79 bits per heavy atom. The minimum Gasteiger partial charge on any atom is -0.465 e. The lowest BCUT2D eigenvalue weighted by Crippen LogP contribution is -2.49. The number of hydrogen-bond acceptors (Lipinski definition) is 5. The van der Waals surface area contributed by atoms with Crippen molar-refractivity contribution in [2.24, 2.45) is 11.8 Å². The predicted molar refractivity (Wildman–Crippen MR) is 108 cm³/mol. The van der Waals surface area contributed by atoms with Crippen molar-refractivity contribution < 1.29 is 19.1 Å². The van der Waals surface area contributed by atoms with Gasteiger partial charge in [0.15, 0.2) is 11.6 Å². The summed E-state index contributed by atoms with van der Waals surface area (Å²) in [6.07, 6.45) is 0. The van der Waals surface area contributed by atoms with Gasteiger partial charge in [-0.3, -0.25) is 9.59 Å². The highest BCUT2D eigenvalue weighted by atomic mass is 32.1. The molecule has 4 aliphatic rings. The van der Waals surface area contributed by atoms with Crippen molar-refractivity contribution in [3.8, 4) is 0 Å². The number of rotatable bonds is 1. The van der Waals surface area contributed by atoms with Crippen LogP contribution in [0.2, 0.25) is 0 Å². The molecule has 0 amide bonds. The van der Waals surface area contributed by atoms with Crippen molar-refractivity contribution in [2.75, 3.05) is 7.11 Å². The van der Waals surface area contributed by atoms with Crippen LogP contribution in [0, 0.1) is 11.8 Å². The van der Waals surface area contributed by atoms with Gasteiger partial charge >= 0.3 is 5.97 Å². The average molecular weight is 400 g/mol. The van der Waals surface area contributed by atoms with E-state index in [4.69, 9.17) is 4.74 Å². The molecule has 0 spiro atoms. The molecule has 5 heteroatoms. The molecule has 2 unspecified atom stereocenters. The van der Waals surface area contributed by atoms with Crippen molar-refractivity contribution in [3.63, 3.8) is 0 Å². The van der Waals surface area contributed by atoms with Crippen LogP contribution in [0.25, 0.3) is 0 Å². The first kappa shape index (κ1) is 16.9. The molecule has 0 radical (unpaired) electrons. The number of carbonyl (C=O) groups is 3. The smallest absolute Gasteiger partial charge is 0.348 e. The molecule has 0 saturated heterocycles. The monoisotopic (exact) mass is 400 g/mol. The predicted octanol–water partition coefficient (Wildman–Crippen LogP) is 4.44. The van der Waals surface area contributed by atoms with Crippen molar-refractivity contribution in [1.82, 2.24) is 0 Å². The molecule has 7 rings (SSSR count). The number of ether oxygens (including phenoxy) is 1. The van der Waals surface area contributed by atoms with Gasteiger partial charge in [-0.1, -0.05) is 48.5 Å². The highest BCUT2D eigenvalue weighted by molar-refractivity contribution is 7.16. The highest BCUT2D eigenvalue weighted by Crippen LogP contribution is 2.61. The number of benzene rings is 2. The molecule has 2 bridgehead atoms. The molecule has 2 atom stereocenters. The van der Waals surface area contributed by atoms with E-state index in [9.17, 15) is 14.4 Å². The second-order valence-electron chi connectivity index (χ2n) is 7.84. The van der Waals surface area contributed by atoms with E-state index in [1.807, 2.05) is 24.3 Å². The summed E-state index contributed by atoms with van der Waals surface area (Å²) in [6, 6.07) is 17.9. The van der Waals surface area contributed by atoms with Gasteiger partial charge in [-0.15, -0.1) is 11.3 Å². The number of Topliss-reactive ketones (excluding diaryl/α,β-unsaturated/α-hetero) is 2. The minimum atomic E-state index is -0.512. The fourth-order valence-corrected chi connectivity index (χ4v) is 6.67. The lowest BCUT2D eigenvalue weighted by atomic mass is 9.50. The van der Waals surface area contributed by atoms with Crippen molar-refractivity contribution in [2.45, 2.75) is 11.8 Å². The molecule has 1 heterocycles. The standard InChI is InChI=1S/C24H16O4S/c1-28-24(27)16-10-15-21(25)19-17-11-6-2-4-8-13(11)18(14-9-5-3-7-12(14)17)20(19)22(26)23(15)29-16/h2-10,17-20H,1H3. The van der Waals surface area contributed by atoms with Crippen molar-refractivity contribution in [1.29, 1.82) is 0 Å². The summed E-state index contributed by atoms with van der Waals surface area (Å²) in [4.78, 5) is 40.0. The average Bonchev–Trinajstić information content (AvgIpc) is 3.22. The van der Waals surface area contributed by atoms with Crippen LogP contribution in [0.5, 0.6) is 0 Å². The van der Waals surface area contributed by atoms with Crippen LogP contribution < -0.4 is 0 Å². The second-order valence-corrected chi connectivity index (χ2v) is 8.89. The summed E-state index contributed by atoms with van der Waals surface area (Å²) in [7, 11) is 1.30. The van der Waals surface area contributed by atoms with Crippen molar-refractivity contribution in [3.05, 3.63) is 92.2 Å². The fraction of sp³-hybridized carbons (Fsp3) is 0.208. The van der Waals surface area contributed by atoms with E-state index in [1.165, 1.54) is 7.11 Å². The molecule has 0 saturated carbocycles. The zero-order chi connectivity index (χ0) is 19.9. The Hall–Kier alpha value is -3.05. The highest BCUT2D eigenvalue weighted by Gasteiger charge is 2.58. The number of hydrogen-bond donors (Lipinski definition) is 0. The van der Waals surface area contributed by atoms with E-state index in [2.05, 4.69) is 24.3 Å². The summed E-state index contributed by atoms with van der Waals surface area (Å²) in [5.41, 5.74) is 4.96. The Morgan fingerprint density at radius 2 is 1.31 bits per heavy atom. The first-order valence-corrected chi connectivity index (χ1v) is 10.4. The third-order valence-corrected chi connectivity index (χ3v) is 7.78. The molecular weight excluding hydrogens is 384 g/mol. The molecule has 0 aliphatic heterocycles. The van der Waals surface area contributed by atoms with Crippen LogP contribution in [0.15, 0.2) is 54.6 Å². The van der Waals surface area contributed by atoms with Gasteiger partial charge in [0.25, 0.3) is 0 Å². The van der Waals surface area contributed by atoms with Gasteiger partial charge in [0.05, 0.1) is 12.0 Å². The topological polar surface area (TPSA) is 60.4 Å². The minimum absolute atomic E-state index is 0.0243. The Balaban J connectivity index is 1.61. The number of carbonyl (C=O) groups excluding carboxylic acids is 3. The van der Waals surface area contributed by atoms with Crippen LogP contribution in [0.1, 0.15) is 63.8 Å². The van der Waals surface area contributed by atoms with Gasteiger partial charge in [0.1, 0.15) is 4.88 Å². The first-order valence-electron chi connectivity index (χ1n) is 9.60. The molecule has 3 aromatic rings. The van der Waals surface area contributed by atoms with Gasteiger partial charge in [0, 0.05) is 29.2 Å². The SMILES string of the molecule is COC(=O)c1cc2c(s1)C(=O)C1C3c4ccccc4C(c4ccccc43)C1C2=O. The van der Waals surface area contributed by atoms with Gasteiger partial charge in [0.2, 0.25) is 0 Å². The van der Waals surface area contributed by atoms with Crippen LogP contribution >= 0.6 is 11.3 Å². The largest absolute Gasteiger partial charge is 0.465 e. The van der Waals surface area contributed by atoms with Gasteiger partial charge in [-0.05, 0) is 28.3 Å². The molecule has 1 aromatic heterocycles. The van der Waals surface area contributed by atoms with E-state index in [-0.39, 0.29) is 23.4 Å². The van der Waals surface area contributed by atoms with Crippen LogP contribution in [0.3, 0.4) is 0 Å². The third kappa shape index (κ3) is 2.01. The Morgan fingerprint density at radius 1 is 0.828 bits per heavy atom. The van der Waals surface area contributed by atoms with E-state index in [0.717, 1.165) is 33.6 Å². The fourth-order valence-electron chi connectivity index (χ4n) is 5.60. The molecule has 142 valence electrons. The van der Waals surface area contributed by atoms with Crippen molar-refractivity contribution >= 4 is 28.9 Å². The Kier molecular flexibility index (Phi) is 3.34.